The summed E-state index contributed by atoms with van der Waals surface area (Å²) in [6, 6.07) is 6.91. The minimum Gasteiger partial charge on any atom is -0.374 e. The lowest BCUT2D eigenvalue weighted by molar-refractivity contribution is 0.0368. The van der Waals surface area contributed by atoms with Gasteiger partial charge in [0.25, 0.3) is 0 Å². The first kappa shape index (κ1) is 17.9. The monoisotopic (exact) mass is 383 g/mol. The second-order valence-electron chi connectivity index (χ2n) is 6.65. The van der Waals surface area contributed by atoms with E-state index in [1.807, 2.05) is 23.9 Å². The van der Waals surface area contributed by atoms with Crippen molar-refractivity contribution < 1.29 is 13.2 Å². The van der Waals surface area contributed by atoms with Gasteiger partial charge in [-0.15, -0.1) is 23.1 Å². The Hall–Kier alpha value is -0.890. The predicted octanol–water partition coefficient (Wildman–Crippen LogP) is 4.01. The normalized spacial score (nSPS) is 20.4. The van der Waals surface area contributed by atoms with Crippen molar-refractivity contribution in [3.05, 3.63) is 35.3 Å². The lowest BCUT2D eigenvalue weighted by Gasteiger charge is -2.15. The highest BCUT2D eigenvalue weighted by Gasteiger charge is 2.32. The molecule has 1 aliphatic rings. The molecular formula is C17H21NO3S3. The molecule has 0 bridgehead atoms. The Kier molecular flexibility index (Phi) is 5.06. The molecule has 1 unspecified atom stereocenters. The molecule has 4 nitrogen and oxygen atoms in total. The molecule has 0 radical (unpaired) electrons. The highest BCUT2D eigenvalue weighted by atomic mass is 32.2. The third-order valence-corrected chi connectivity index (χ3v) is 7.23. The van der Waals surface area contributed by atoms with E-state index in [1.165, 1.54) is 6.26 Å². The predicted molar refractivity (Wildman–Crippen MR) is 100 cm³/mol. The average molecular weight is 384 g/mol. The fourth-order valence-electron chi connectivity index (χ4n) is 2.65. The van der Waals surface area contributed by atoms with Gasteiger partial charge < -0.3 is 4.74 Å². The van der Waals surface area contributed by atoms with Crippen LogP contribution in [0.5, 0.6) is 0 Å². The first-order chi connectivity index (χ1) is 11.2. The zero-order valence-corrected chi connectivity index (χ0v) is 16.4. The molecule has 0 aliphatic carbocycles. The Labute approximate surface area is 151 Å². The minimum atomic E-state index is -3.16. The molecule has 1 aliphatic heterocycles. The van der Waals surface area contributed by atoms with Crippen molar-refractivity contribution in [2.45, 2.75) is 41.8 Å². The van der Waals surface area contributed by atoms with Crippen molar-refractivity contribution in [3.63, 3.8) is 0 Å². The van der Waals surface area contributed by atoms with Crippen LogP contribution in [-0.2, 0) is 20.3 Å². The third-order valence-electron chi connectivity index (χ3n) is 3.93. The van der Waals surface area contributed by atoms with Crippen LogP contribution in [0.3, 0.4) is 0 Å². The van der Waals surface area contributed by atoms with Gasteiger partial charge in [-0.3, -0.25) is 0 Å². The SMILES string of the molecule is CC1(C)CC(SCc2csc(-c3ccc(S(C)(=O)=O)cc3)n2)CO1. The van der Waals surface area contributed by atoms with Gasteiger partial charge in [-0.25, -0.2) is 13.4 Å². The largest absolute Gasteiger partial charge is 0.374 e. The molecule has 7 heteroatoms. The molecule has 24 heavy (non-hydrogen) atoms. The number of sulfone groups is 1. The summed E-state index contributed by atoms with van der Waals surface area (Å²) in [5, 5.41) is 3.53. The van der Waals surface area contributed by atoms with Gasteiger partial charge in [0.05, 0.1) is 22.8 Å². The maximum atomic E-state index is 11.5. The second-order valence-corrected chi connectivity index (χ2v) is 10.8. The molecule has 1 aromatic heterocycles. The number of hydrogen-bond acceptors (Lipinski definition) is 6. The van der Waals surface area contributed by atoms with E-state index in [1.54, 1.807) is 23.5 Å². The van der Waals surface area contributed by atoms with Crippen molar-refractivity contribution in [1.82, 2.24) is 4.98 Å². The fourth-order valence-corrected chi connectivity index (χ4v) is 5.45. The van der Waals surface area contributed by atoms with Crippen molar-refractivity contribution in [2.75, 3.05) is 12.9 Å². The third kappa shape index (κ3) is 4.39. The molecule has 2 heterocycles. The quantitative estimate of drug-likeness (QED) is 0.781. The Bertz CT molecular complexity index is 810. The van der Waals surface area contributed by atoms with Crippen LogP contribution in [-0.4, -0.2) is 37.1 Å². The summed E-state index contributed by atoms with van der Waals surface area (Å²) in [6.45, 7) is 5.07. The first-order valence-electron chi connectivity index (χ1n) is 7.73. The fraction of sp³-hybridized carbons (Fsp3) is 0.471. The highest BCUT2D eigenvalue weighted by Crippen LogP contribution is 2.34. The van der Waals surface area contributed by atoms with Gasteiger partial charge in [0, 0.05) is 28.2 Å². The molecule has 0 saturated carbocycles. The molecule has 130 valence electrons. The molecule has 0 amide bonds. The van der Waals surface area contributed by atoms with Crippen LogP contribution in [0.25, 0.3) is 10.6 Å². The minimum absolute atomic E-state index is 0.00768. The molecular weight excluding hydrogens is 362 g/mol. The molecule has 0 N–H and O–H groups in total. The van der Waals surface area contributed by atoms with Crippen LogP contribution in [0.2, 0.25) is 0 Å². The van der Waals surface area contributed by atoms with E-state index >= 15 is 0 Å². The zero-order valence-electron chi connectivity index (χ0n) is 14.0. The number of nitrogens with zero attached hydrogens (tertiary/aromatic N) is 1. The molecule has 0 spiro atoms. The van der Waals surface area contributed by atoms with Crippen molar-refractivity contribution in [1.29, 1.82) is 0 Å². The van der Waals surface area contributed by atoms with Crippen LogP contribution in [0.1, 0.15) is 26.0 Å². The van der Waals surface area contributed by atoms with Gasteiger partial charge in [0.1, 0.15) is 5.01 Å². The Balaban J connectivity index is 1.63. The van der Waals surface area contributed by atoms with Crippen LogP contribution in [0.15, 0.2) is 34.5 Å². The van der Waals surface area contributed by atoms with Crippen molar-refractivity contribution >= 4 is 32.9 Å². The van der Waals surface area contributed by atoms with Gasteiger partial charge in [0.2, 0.25) is 0 Å². The zero-order chi connectivity index (χ0) is 17.4. The van der Waals surface area contributed by atoms with E-state index in [9.17, 15) is 8.42 Å². The molecule has 1 aromatic carbocycles. The van der Waals surface area contributed by atoms with E-state index in [-0.39, 0.29) is 5.60 Å². The Morgan fingerprint density at radius 2 is 2.04 bits per heavy atom. The topological polar surface area (TPSA) is 56.3 Å². The average Bonchev–Trinajstić information content (AvgIpc) is 3.11. The van der Waals surface area contributed by atoms with Gasteiger partial charge in [-0.05, 0) is 32.4 Å². The summed E-state index contributed by atoms with van der Waals surface area (Å²) >= 11 is 3.49. The van der Waals surface area contributed by atoms with Crippen LogP contribution in [0.4, 0.5) is 0 Å². The molecule has 2 aromatic rings. The highest BCUT2D eigenvalue weighted by molar-refractivity contribution is 7.99. The van der Waals surface area contributed by atoms with E-state index < -0.39 is 9.84 Å². The van der Waals surface area contributed by atoms with Crippen LogP contribution in [0, 0.1) is 0 Å². The van der Waals surface area contributed by atoms with Crippen LogP contribution < -0.4 is 0 Å². The van der Waals surface area contributed by atoms with E-state index in [0.29, 0.717) is 10.1 Å². The maximum absolute atomic E-state index is 11.5. The van der Waals surface area contributed by atoms with E-state index in [4.69, 9.17) is 4.74 Å². The number of aromatic nitrogens is 1. The second kappa shape index (κ2) is 6.78. The first-order valence-corrected chi connectivity index (χ1v) is 11.6. The number of ether oxygens (including phenoxy) is 1. The number of benzene rings is 1. The Morgan fingerprint density at radius 3 is 2.62 bits per heavy atom. The van der Waals surface area contributed by atoms with Gasteiger partial charge in [-0.2, -0.15) is 0 Å². The molecule has 1 atom stereocenters. The van der Waals surface area contributed by atoms with E-state index in [2.05, 4.69) is 24.2 Å². The lowest BCUT2D eigenvalue weighted by Crippen LogP contribution is -2.16. The van der Waals surface area contributed by atoms with Crippen molar-refractivity contribution in [2.24, 2.45) is 0 Å². The van der Waals surface area contributed by atoms with Gasteiger partial charge in [0.15, 0.2) is 9.84 Å². The summed E-state index contributed by atoms with van der Waals surface area (Å²) in [4.78, 5) is 5.01. The summed E-state index contributed by atoms with van der Waals surface area (Å²) in [5.74, 6) is 0.877. The van der Waals surface area contributed by atoms with E-state index in [0.717, 1.165) is 35.0 Å². The summed E-state index contributed by atoms with van der Waals surface area (Å²) < 4.78 is 28.8. The summed E-state index contributed by atoms with van der Waals surface area (Å²) in [5.41, 5.74) is 2.01. The summed E-state index contributed by atoms with van der Waals surface area (Å²) in [6.07, 6.45) is 2.29. The number of rotatable bonds is 5. The number of hydrogen-bond donors (Lipinski definition) is 0. The standard InChI is InChI=1S/C17H21NO3S3/c1-17(2)8-14(9-21-17)22-10-13-11-23-16(18-13)12-4-6-15(7-5-12)24(3,19)20/h4-7,11,14H,8-10H2,1-3H3. The smallest absolute Gasteiger partial charge is 0.175 e. The lowest BCUT2D eigenvalue weighted by atomic mass is 10.1. The maximum Gasteiger partial charge on any atom is 0.175 e. The van der Waals surface area contributed by atoms with Gasteiger partial charge >= 0.3 is 0 Å². The van der Waals surface area contributed by atoms with Crippen LogP contribution >= 0.6 is 23.1 Å². The number of thiazole rings is 1. The summed E-state index contributed by atoms with van der Waals surface area (Å²) in [7, 11) is -3.16. The molecule has 1 fully saturated rings. The molecule has 1 saturated heterocycles. The number of thioether (sulfide) groups is 1. The van der Waals surface area contributed by atoms with Crippen molar-refractivity contribution in [3.8, 4) is 10.6 Å². The molecule has 3 rings (SSSR count). The Morgan fingerprint density at radius 1 is 1.33 bits per heavy atom. The van der Waals surface area contributed by atoms with Gasteiger partial charge in [-0.1, -0.05) is 12.1 Å².